The van der Waals surface area contributed by atoms with Crippen molar-refractivity contribution >= 4 is 11.8 Å². The molecule has 0 aromatic rings. The second-order valence-corrected chi connectivity index (χ2v) is 12.2. The molecule has 0 aromatic heterocycles. The van der Waals surface area contributed by atoms with E-state index in [1.165, 1.54) is 57.8 Å². The van der Waals surface area contributed by atoms with Gasteiger partial charge >= 0.3 is 5.97 Å². The predicted octanol–water partition coefficient (Wildman–Crippen LogP) is 6.48. The lowest BCUT2D eigenvalue weighted by molar-refractivity contribution is -0.164. The number of fused-ring (bicyclic) bond motifs is 5. The molecule has 3 nitrogen and oxygen atoms in total. The minimum absolute atomic E-state index is 0.0670. The Morgan fingerprint density at radius 3 is 2.50 bits per heavy atom. The molecule has 5 rings (SSSR count). The molecule has 3 heteroatoms. The molecule has 7 atom stereocenters. The monoisotopic (exact) mass is 414 g/mol. The summed E-state index contributed by atoms with van der Waals surface area (Å²) in [5, 5.41) is 0. The average Bonchev–Trinajstić information content (AvgIpc) is 3.35. The fraction of sp³-hybridized carbons (Fsp3) is 0.926. The maximum atomic E-state index is 12.7. The molecule has 0 spiro atoms. The van der Waals surface area contributed by atoms with E-state index in [0.29, 0.717) is 29.5 Å². The Hall–Kier alpha value is -0.860. The number of hydrogen-bond donors (Lipinski definition) is 0. The van der Waals surface area contributed by atoms with Crippen molar-refractivity contribution in [3.63, 3.8) is 0 Å². The van der Waals surface area contributed by atoms with Gasteiger partial charge in [0.15, 0.2) is 0 Å². The van der Waals surface area contributed by atoms with Crippen LogP contribution >= 0.6 is 0 Å². The van der Waals surface area contributed by atoms with E-state index in [1.54, 1.807) is 0 Å². The van der Waals surface area contributed by atoms with Crippen molar-refractivity contribution in [3.05, 3.63) is 0 Å². The van der Waals surface area contributed by atoms with Gasteiger partial charge in [0.25, 0.3) is 0 Å². The van der Waals surface area contributed by atoms with E-state index in [2.05, 4.69) is 13.8 Å². The zero-order valence-corrected chi connectivity index (χ0v) is 19.3. The van der Waals surface area contributed by atoms with Crippen molar-refractivity contribution in [2.24, 2.45) is 40.4 Å². The topological polar surface area (TPSA) is 43.4 Å². The fourth-order valence-electron chi connectivity index (χ4n) is 9.03. The minimum atomic E-state index is 0.0670. The molecule has 5 fully saturated rings. The van der Waals surface area contributed by atoms with Gasteiger partial charge in [-0.15, -0.1) is 0 Å². The van der Waals surface area contributed by atoms with Gasteiger partial charge in [-0.25, -0.2) is 0 Å². The summed E-state index contributed by atoms with van der Waals surface area (Å²) in [5.41, 5.74) is 0.548. The Labute approximate surface area is 183 Å². The summed E-state index contributed by atoms with van der Waals surface area (Å²) in [6.45, 7) is 4.95. The highest BCUT2D eigenvalue weighted by molar-refractivity contribution is 5.79. The zero-order chi connectivity index (χ0) is 20.9. The highest BCUT2D eigenvalue weighted by Gasteiger charge is 2.61. The summed E-state index contributed by atoms with van der Waals surface area (Å²) >= 11 is 0. The summed E-state index contributed by atoms with van der Waals surface area (Å²) in [7, 11) is 0. The number of carbonyl (C=O) groups is 2. The predicted molar refractivity (Wildman–Crippen MR) is 118 cm³/mol. The molecule has 0 radical (unpaired) electrons. The first kappa shape index (κ1) is 21.0. The second-order valence-electron chi connectivity index (χ2n) is 12.2. The van der Waals surface area contributed by atoms with Gasteiger partial charge in [-0.3, -0.25) is 9.59 Å². The highest BCUT2D eigenvalue weighted by Crippen LogP contribution is 2.66. The van der Waals surface area contributed by atoms with E-state index in [0.717, 1.165) is 49.9 Å². The van der Waals surface area contributed by atoms with Crippen LogP contribution in [-0.4, -0.2) is 17.9 Å². The smallest absolute Gasteiger partial charge is 0.306 e. The third kappa shape index (κ3) is 3.47. The molecule has 5 aliphatic carbocycles. The quantitative estimate of drug-likeness (QED) is 0.494. The average molecular weight is 415 g/mol. The van der Waals surface area contributed by atoms with Crippen molar-refractivity contribution in [2.75, 3.05) is 0 Å². The van der Waals surface area contributed by atoms with Crippen LogP contribution in [-0.2, 0) is 14.3 Å². The van der Waals surface area contributed by atoms with Crippen molar-refractivity contribution in [2.45, 2.75) is 116 Å². The maximum absolute atomic E-state index is 12.7. The molecule has 168 valence electrons. The van der Waals surface area contributed by atoms with E-state index in [-0.39, 0.29) is 17.5 Å². The first-order chi connectivity index (χ1) is 14.4. The van der Waals surface area contributed by atoms with Gasteiger partial charge in [0.2, 0.25) is 0 Å². The Bertz CT molecular complexity index is 680. The van der Waals surface area contributed by atoms with E-state index < -0.39 is 0 Å². The SMILES string of the molecule is C[C@]12CCC(=O)CC1CCC1C2CC[C@@]2(C)C1CC[C@@H]2OC(=O)CCC1CCCC1. The molecule has 0 N–H and O–H groups in total. The van der Waals surface area contributed by atoms with Crippen molar-refractivity contribution < 1.29 is 14.3 Å². The molecule has 30 heavy (non-hydrogen) atoms. The van der Waals surface area contributed by atoms with Gasteiger partial charge in [-0.05, 0) is 86.4 Å². The Kier molecular flexibility index (Phi) is 5.55. The van der Waals surface area contributed by atoms with Gasteiger partial charge in [0.05, 0.1) is 0 Å². The van der Waals surface area contributed by atoms with Gasteiger partial charge < -0.3 is 4.74 Å². The van der Waals surface area contributed by atoms with Gasteiger partial charge in [-0.2, -0.15) is 0 Å². The van der Waals surface area contributed by atoms with Crippen LogP contribution in [0.25, 0.3) is 0 Å². The van der Waals surface area contributed by atoms with Crippen LogP contribution in [0.1, 0.15) is 110 Å². The standard InChI is InChI=1S/C27H42O3/c1-26-15-13-20(28)17-19(26)8-9-21-22-10-11-24(27(22,2)16-14-23(21)26)30-25(29)12-7-18-5-3-4-6-18/h18-19,21-24H,3-17H2,1-2H3/t19?,21?,22?,23?,24-,26-,27-/m0/s1. The van der Waals surface area contributed by atoms with Gasteiger partial charge in [0, 0.05) is 24.7 Å². The second kappa shape index (κ2) is 7.93. The third-order valence-electron chi connectivity index (χ3n) is 10.9. The lowest BCUT2D eigenvalue weighted by atomic mass is 9.45. The molecule has 5 saturated carbocycles. The van der Waals surface area contributed by atoms with Gasteiger partial charge in [0.1, 0.15) is 11.9 Å². The molecule has 0 saturated heterocycles. The number of rotatable bonds is 4. The molecule has 5 aliphatic rings. The van der Waals surface area contributed by atoms with Crippen molar-refractivity contribution in [1.82, 2.24) is 0 Å². The van der Waals surface area contributed by atoms with Crippen LogP contribution in [0.5, 0.6) is 0 Å². The fourth-order valence-corrected chi connectivity index (χ4v) is 9.03. The first-order valence-corrected chi connectivity index (χ1v) is 13.1. The maximum Gasteiger partial charge on any atom is 0.306 e. The van der Waals surface area contributed by atoms with Crippen molar-refractivity contribution in [3.8, 4) is 0 Å². The van der Waals surface area contributed by atoms with Crippen LogP contribution in [0.15, 0.2) is 0 Å². The molecule has 0 aromatic carbocycles. The lowest BCUT2D eigenvalue weighted by Gasteiger charge is -2.60. The Morgan fingerprint density at radius 2 is 1.70 bits per heavy atom. The normalized spacial score (nSPS) is 46.2. The summed E-state index contributed by atoms with van der Waals surface area (Å²) in [5.74, 6) is 4.21. The molecular weight excluding hydrogens is 372 g/mol. The number of carbonyl (C=O) groups excluding carboxylic acids is 2. The highest BCUT2D eigenvalue weighted by atomic mass is 16.5. The molecular formula is C27H42O3. The Morgan fingerprint density at radius 1 is 0.933 bits per heavy atom. The summed E-state index contributed by atoms with van der Waals surface area (Å²) in [6.07, 6.45) is 17.2. The van der Waals surface area contributed by atoms with Crippen LogP contribution in [0.3, 0.4) is 0 Å². The first-order valence-electron chi connectivity index (χ1n) is 13.1. The van der Waals surface area contributed by atoms with Crippen LogP contribution < -0.4 is 0 Å². The van der Waals surface area contributed by atoms with Crippen LogP contribution in [0, 0.1) is 40.4 Å². The third-order valence-corrected chi connectivity index (χ3v) is 10.9. The summed E-state index contributed by atoms with van der Waals surface area (Å²) < 4.78 is 6.19. The van der Waals surface area contributed by atoms with E-state index >= 15 is 0 Å². The van der Waals surface area contributed by atoms with Crippen LogP contribution in [0.4, 0.5) is 0 Å². The van der Waals surface area contributed by atoms with Crippen LogP contribution in [0.2, 0.25) is 0 Å². The summed E-state index contributed by atoms with van der Waals surface area (Å²) in [6, 6.07) is 0. The largest absolute Gasteiger partial charge is 0.462 e. The molecule has 0 aliphatic heterocycles. The molecule has 0 bridgehead atoms. The Balaban J connectivity index is 1.24. The van der Waals surface area contributed by atoms with E-state index in [9.17, 15) is 9.59 Å². The van der Waals surface area contributed by atoms with E-state index in [4.69, 9.17) is 4.74 Å². The number of hydrogen-bond acceptors (Lipinski definition) is 3. The number of ether oxygens (including phenoxy) is 1. The van der Waals surface area contributed by atoms with Crippen molar-refractivity contribution in [1.29, 1.82) is 0 Å². The minimum Gasteiger partial charge on any atom is -0.462 e. The number of esters is 1. The lowest BCUT2D eigenvalue weighted by Crippen LogP contribution is -2.54. The van der Waals surface area contributed by atoms with Gasteiger partial charge in [-0.1, -0.05) is 39.5 Å². The zero-order valence-electron chi connectivity index (χ0n) is 19.3. The van der Waals surface area contributed by atoms with E-state index in [1.807, 2.05) is 0 Å². The molecule has 0 heterocycles. The molecule has 0 amide bonds. The number of ketones is 1. The summed E-state index contributed by atoms with van der Waals surface area (Å²) in [4.78, 5) is 24.8. The molecule has 4 unspecified atom stereocenters. The number of Topliss-reactive ketones (excluding diaryl/α,β-unsaturated/α-hetero) is 1.